The molecule has 0 radical (unpaired) electrons. The van der Waals surface area contributed by atoms with Gasteiger partial charge in [-0.2, -0.15) is 10.4 Å². The Kier molecular flexibility index (Phi) is 5.87. The fourth-order valence-corrected chi connectivity index (χ4v) is 2.46. The first-order valence-electron chi connectivity index (χ1n) is 6.91. The van der Waals surface area contributed by atoms with Gasteiger partial charge in [0.1, 0.15) is 6.07 Å². The van der Waals surface area contributed by atoms with Gasteiger partial charge in [-0.05, 0) is 34.1 Å². The molecule has 23 heavy (non-hydrogen) atoms. The third-order valence-corrected chi connectivity index (χ3v) is 3.84. The van der Waals surface area contributed by atoms with Gasteiger partial charge in [-0.3, -0.25) is 9.48 Å². The highest BCUT2D eigenvalue weighted by Crippen LogP contribution is 2.24. The van der Waals surface area contributed by atoms with Gasteiger partial charge in [0.15, 0.2) is 5.69 Å². The largest absolute Gasteiger partial charge is 0.395 e. The van der Waals surface area contributed by atoms with Gasteiger partial charge in [-0.1, -0.05) is 6.07 Å². The van der Waals surface area contributed by atoms with Crippen LogP contribution in [0.1, 0.15) is 21.7 Å². The quantitative estimate of drug-likeness (QED) is 0.660. The van der Waals surface area contributed by atoms with Crippen molar-refractivity contribution in [2.24, 2.45) is 7.05 Å². The molecule has 8 heteroatoms. The molecule has 1 amide bonds. The van der Waals surface area contributed by atoms with Crippen LogP contribution < -0.4 is 10.6 Å². The Morgan fingerprint density at radius 2 is 2.30 bits per heavy atom. The number of halogens is 1. The zero-order chi connectivity index (χ0) is 16.8. The molecular weight excluding hydrogens is 362 g/mol. The van der Waals surface area contributed by atoms with E-state index in [-0.39, 0.29) is 18.2 Å². The Hall–Kier alpha value is -2.21. The summed E-state index contributed by atoms with van der Waals surface area (Å²) in [4.78, 5) is 12.3. The molecule has 1 heterocycles. The molecular formula is C15H16BrN5O2. The van der Waals surface area contributed by atoms with E-state index >= 15 is 0 Å². The average Bonchev–Trinajstić information content (AvgIpc) is 2.89. The van der Waals surface area contributed by atoms with Crippen LogP contribution in [0.15, 0.2) is 28.7 Å². The number of carbonyl (C=O) groups excluding carboxylic acids is 1. The van der Waals surface area contributed by atoms with Crippen LogP contribution in [0.25, 0.3) is 0 Å². The lowest BCUT2D eigenvalue weighted by Crippen LogP contribution is -2.19. The summed E-state index contributed by atoms with van der Waals surface area (Å²) in [5, 5.41) is 27.8. The van der Waals surface area contributed by atoms with Gasteiger partial charge in [-0.15, -0.1) is 0 Å². The van der Waals surface area contributed by atoms with Crippen LogP contribution in [0.3, 0.4) is 0 Å². The van der Waals surface area contributed by atoms with E-state index in [1.807, 2.05) is 0 Å². The molecule has 1 aromatic heterocycles. The van der Waals surface area contributed by atoms with E-state index in [1.54, 1.807) is 36.0 Å². The van der Waals surface area contributed by atoms with Crippen LogP contribution in [-0.2, 0) is 13.6 Å². The topological polar surface area (TPSA) is 103 Å². The highest BCUT2D eigenvalue weighted by atomic mass is 79.9. The zero-order valence-corrected chi connectivity index (χ0v) is 14.1. The summed E-state index contributed by atoms with van der Waals surface area (Å²) < 4.78 is 2.22. The molecule has 3 N–H and O–H groups in total. The Morgan fingerprint density at radius 1 is 1.52 bits per heavy atom. The first-order chi connectivity index (χ1) is 11.1. The number of amides is 1. The van der Waals surface area contributed by atoms with Gasteiger partial charge in [-0.25, -0.2) is 0 Å². The Labute approximate surface area is 142 Å². The van der Waals surface area contributed by atoms with Gasteiger partial charge < -0.3 is 15.7 Å². The number of aliphatic hydroxyl groups is 1. The van der Waals surface area contributed by atoms with Crippen molar-refractivity contribution in [1.29, 1.82) is 5.26 Å². The first-order valence-corrected chi connectivity index (χ1v) is 7.70. The molecule has 0 aliphatic rings. The fourth-order valence-electron chi connectivity index (χ4n) is 2.01. The molecule has 7 nitrogen and oxygen atoms in total. The van der Waals surface area contributed by atoms with Crippen molar-refractivity contribution >= 4 is 27.5 Å². The smallest absolute Gasteiger partial charge is 0.276 e. The second-order valence-electron chi connectivity index (χ2n) is 4.77. The van der Waals surface area contributed by atoms with E-state index in [0.717, 1.165) is 5.69 Å². The van der Waals surface area contributed by atoms with E-state index in [9.17, 15) is 10.1 Å². The molecule has 1 aromatic carbocycles. The minimum Gasteiger partial charge on any atom is -0.395 e. The average molecular weight is 378 g/mol. The number of rotatable bonds is 6. The standard InChI is InChI=1S/C15H16BrN5O2/c1-21-10(9-18-5-6-22)7-14(20-21)15(23)19-13-4-2-3-12(16)11(13)8-17/h2-4,7,18,22H,5-6,9H2,1H3,(H,19,23). The number of hydrogen-bond donors (Lipinski definition) is 3. The maximum atomic E-state index is 12.3. The number of nitrogens with zero attached hydrogens (tertiary/aromatic N) is 3. The second kappa shape index (κ2) is 7.87. The lowest BCUT2D eigenvalue weighted by atomic mass is 10.2. The van der Waals surface area contributed by atoms with Crippen molar-refractivity contribution in [2.75, 3.05) is 18.5 Å². The lowest BCUT2D eigenvalue weighted by molar-refractivity contribution is 0.102. The van der Waals surface area contributed by atoms with Gasteiger partial charge in [0.25, 0.3) is 5.91 Å². The predicted molar refractivity (Wildman–Crippen MR) is 88.8 cm³/mol. The molecule has 120 valence electrons. The number of aliphatic hydroxyl groups excluding tert-OH is 1. The molecule has 2 rings (SSSR count). The summed E-state index contributed by atoms with van der Waals surface area (Å²) in [7, 11) is 1.74. The third-order valence-electron chi connectivity index (χ3n) is 3.18. The van der Waals surface area contributed by atoms with E-state index in [4.69, 9.17) is 5.11 Å². The number of nitriles is 1. The highest BCUT2D eigenvalue weighted by Gasteiger charge is 2.15. The van der Waals surface area contributed by atoms with E-state index in [2.05, 4.69) is 37.7 Å². The monoisotopic (exact) mass is 377 g/mol. The predicted octanol–water partition coefficient (Wildman–Crippen LogP) is 1.39. The number of aromatic nitrogens is 2. The fraction of sp³-hybridized carbons (Fsp3) is 0.267. The highest BCUT2D eigenvalue weighted by molar-refractivity contribution is 9.10. The van der Waals surface area contributed by atoms with Crippen molar-refractivity contribution in [1.82, 2.24) is 15.1 Å². The number of carbonyl (C=O) groups is 1. The van der Waals surface area contributed by atoms with Crippen molar-refractivity contribution < 1.29 is 9.90 Å². The summed E-state index contributed by atoms with van der Waals surface area (Å²) in [6.45, 7) is 1.01. The molecule has 2 aromatic rings. The van der Waals surface area contributed by atoms with Crippen LogP contribution in [0, 0.1) is 11.3 Å². The maximum Gasteiger partial charge on any atom is 0.276 e. The normalized spacial score (nSPS) is 10.3. The van der Waals surface area contributed by atoms with E-state index in [0.29, 0.717) is 28.8 Å². The molecule has 0 unspecified atom stereocenters. The lowest BCUT2D eigenvalue weighted by Gasteiger charge is -2.06. The minimum atomic E-state index is -0.386. The summed E-state index contributed by atoms with van der Waals surface area (Å²) >= 11 is 3.28. The van der Waals surface area contributed by atoms with Crippen LogP contribution in [0.4, 0.5) is 5.69 Å². The zero-order valence-electron chi connectivity index (χ0n) is 12.5. The number of nitrogens with one attached hydrogen (secondary N) is 2. The van der Waals surface area contributed by atoms with Crippen molar-refractivity contribution in [3.63, 3.8) is 0 Å². The summed E-state index contributed by atoms with van der Waals surface area (Å²) in [6.07, 6.45) is 0. The molecule has 0 saturated heterocycles. The van der Waals surface area contributed by atoms with Gasteiger partial charge in [0.05, 0.1) is 23.6 Å². The van der Waals surface area contributed by atoms with Crippen LogP contribution in [-0.4, -0.2) is 33.9 Å². The minimum absolute atomic E-state index is 0.0466. The first kappa shape index (κ1) is 17.1. The Bertz CT molecular complexity index is 751. The van der Waals surface area contributed by atoms with Gasteiger partial charge in [0, 0.05) is 24.6 Å². The summed E-state index contributed by atoms with van der Waals surface area (Å²) in [5.41, 5.74) is 1.87. The molecule has 0 aliphatic carbocycles. The molecule has 0 spiro atoms. The molecule has 0 saturated carbocycles. The molecule has 0 atom stereocenters. The number of benzene rings is 1. The molecule has 0 fully saturated rings. The maximum absolute atomic E-state index is 12.3. The summed E-state index contributed by atoms with van der Waals surface area (Å²) in [5.74, 6) is -0.386. The summed E-state index contributed by atoms with van der Waals surface area (Å²) in [6, 6.07) is 8.86. The number of aryl methyl sites for hydroxylation is 1. The van der Waals surface area contributed by atoms with Gasteiger partial charge in [0.2, 0.25) is 0 Å². The number of hydrogen-bond acceptors (Lipinski definition) is 5. The Balaban J connectivity index is 2.14. The molecule has 0 bridgehead atoms. The van der Waals surface area contributed by atoms with Crippen molar-refractivity contribution in [3.05, 3.63) is 45.7 Å². The van der Waals surface area contributed by atoms with Crippen LogP contribution in [0.5, 0.6) is 0 Å². The van der Waals surface area contributed by atoms with Crippen molar-refractivity contribution in [3.8, 4) is 6.07 Å². The second-order valence-corrected chi connectivity index (χ2v) is 5.63. The SMILES string of the molecule is Cn1nc(C(=O)Nc2cccc(Br)c2C#N)cc1CNCCO. The molecule has 0 aliphatic heterocycles. The van der Waals surface area contributed by atoms with Crippen molar-refractivity contribution in [2.45, 2.75) is 6.54 Å². The van der Waals surface area contributed by atoms with Crippen LogP contribution >= 0.6 is 15.9 Å². The van der Waals surface area contributed by atoms with Crippen LogP contribution in [0.2, 0.25) is 0 Å². The Morgan fingerprint density at radius 3 is 3.00 bits per heavy atom. The third kappa shape index (κ3) is 4.16. The van der Waals surface area contributed by atoms with E-state index < -0.39 is 0 Å². The van der Waals surface area contributed by atoms with E-state index in [1.165, 1.54) is 0 Å². The number of anilines is 1. The van der Waals surface area contributed by atoms with Gasteiger partial charge >= 0.3 is 0 Å².